The van der Waals surface area contributed by atoms with Gasteiger partial charge >= 0.3 is 5.69 Å². The van der Waals surface area contributed by atoms with E-state index in [0.717, 1.165) is 4.57 Å². The molecule has 0 bridgehead atoms. The molecule has 1 unspecified atom stereocenters. The van der Waals surface area contributed by atoms with Gasteiger partial charge in [-0.05, 0) is 6.07 Å². The molecule has 0 aliphatic carbocycles. The van der Waals surface area contributed by atoms with Gasteiger partial charge in [0.2, 0.25) is 0 Å². The summed E-state index contributed by atoms with van der Waals surface area (Å²) in [6.07, 6.45) is 2.60. The fourth-order valence-corrected chi connectivity index (χ4v) is 2.11. The van der Waals surface area contributed by atoms with Gasteiger partial charge < -0.3 is 20.1 Å². The average molecular weight is 284 g/mol. The number of ether oxygens (including phenoxy) is 1. The lowest BCUT2D eigenvalue weighted by Crippen LogP contribution is -2.47. The minimum absolute atomic E-state index is 0.211. The van der Waals surface area contributed by atoms with Gasteiger partial charge in [-0.2, -0.15) is 0 Å². The summed E-state index contributed by atoms with van der Waals surface area (Å²) in [6, 6.07) is 1.41. The highest BCUT2D eigenvalue weighted by Crippen LogP contribution is 2.37. The number of rotatable bonds is 2. The van der Waals surface area contributed by atoms with Crippen LogP contribution in [0.2, 0.25) is 0 Å². The van der Waals surface area contributed by atoms with E-state index < -0.39 is 36.3 Å². The number of aliphatic hydroxyl groups is 3. The van der Waals surface area contributed by atoms with Crippen LogP contribution in [0.4, 0.5) is 0 Å². The number of H-pyrrole nitrogens is 1. The maximum atomic E-state index is 11.8. The highest BCUT2D eigenvalue weighted by atomic mass is 32.1. The Morgan fingerprint density at radius 2 is 2.37 bits per heavy atom. The van der Waals surface area contributed by atoms with Gasteiger partial charge in [0.05, 0.1) is 6.61 Å². The first-order chi connectivity index (χ1) is 8.93. The molecule has 4 atom stereocenters. The Morgan fingerprint density at radius 1 is 1.68 bits per heavy atom. The quantitative estimate of drug-likeness (QED) is 0.390. The molecule has 1 saturated heterocycles. The average Bonchev–Trinajstić information content (AvgIpc) is 2.63. The fourth-order valence-electron chi connectivity index (χ4n) is 1.96. The van der Waals surface area contributed by atoms with E-state index >= 15 is 0 Å². The van der Waals surface area contributed by atoms with Crippen LogP contribution in [-0.4, -0.2) is 49.3 Å². The topological polar surface area (TPSA) is 108 Å². The molecule has 1 aliphatic heterocycles. The summed E-state index contributed by atoms with van der Waals surface area (Å²) < 4.78 is 6.44. The maximum Gasteiger partial charge on any atom is 0.328 e. The van der Waals surface area contributed by atoms with Crippen molar-refractivity contribution < 1.29 is 20.1 Å². The molecule has 0 aromatic carbocycles. The zero-order valence-corrected chi connectivity index (χ0v) is 10.5. The first-order valence-corrected chi connectivity index (χ1v) is 5.81. The van der Waals surface area contributed by atoms with Crippen molar-refractivity contribution >= 4 is 12.2 Å². The van der Waals surface area contributed by atoms with Crippen LogP contribution in [-0.2, 0) is 4.74 Å². The van der Waals surface area contributed by atoms with Crippen molar-refractivity contribution in [3.63, 3.8) is 0 Å². The Morgan fingerprint density at radius 3 is 2.89 bits per heavy atom. The van der Waals surface area contributed by atoms with Crippen LogP contribution in [0, 0.1) is 17.0 Å². The molecule has 4 N–H and O–H groups in total. The van der Waals surface area contributed by atoms with Crippen molar-refractivity contribution in [1.82, 2.24) is 9.55 Å². The van der Waals surface area contributed by atoms with Crippen molar-refractivity contribution in [1.29, 1.82) is 0 Å². The van der Waals surface area contributed by atoms with E-state index in [1.165, 1.54) is 12.3 Å². The van der Waals surface area contributed by atoms with Crippen molar-refractivity contribution in [2.45, 2.75) is 24.0 Å². The summed E-state index contributed by atoms with van der Waals surface area (Å²) in [4.78, 5) is 14.1. The van der Waals surface area contributed by atoms with Gasteiger partial charge in [-0.15, -0.1) is 6.42 Å². The highest BCUT2D eigenvalue weighted by molar-refractivity contribution is 7.71. The number of terminal acetylenes is 1. The molecular weight excluding hydrogens is 272 g/mol. The highest BCUT2D eigenvalue weighted by Gasteiger charge is 2.55. The number of nitrogens with one attached hydrogen (secondary N) is 1. The lowest BCUT2D eigenvalue weighted by molar-refractivity contribution is -0.0764. The molecule has 0 amide bonds. The van der Waals surface area contributed by atoms with Gasteiger partial charge in [0.1, 0.15) is 16.8 Å². The first-order valence-electron chi connectivity index (χ1n) is 5.40. The maximum absolute atomic E-state index is 11.8. The molecule has 1 fully saturated rings. The lowest BCUT2D eigenvalue weighted by Gasteiger charge is -2.26. The molecule has 0 saturated carbocycles. The van der Waals surface area contributed by atoms with E-state index in [0.29, 0.717) is 0 Å². The number of hydrogen-bond donors (Lipinski definition) is 4. The Balaban J connectivity index is 2.52. The van der Waals surface area contributed by atoms with Crippen LogP contribution in [0.3, 0.4) is 0 Å². The van der Waals surface area contributed by atoms with Crippen molar-refractivity contribution in [2.75, 3.05) is 6.61 Å². The standard InChI is InChI=1S/C11H12N2O5S/c1-2-11(17)8(15)6(5-14)18-9(11)13-4-3-7(19)12-10(13)16/h1,3-4,6,8-9,14-15,17H,5H2,(H,12,16,19)/t6-,8+,9-,11?/m1/s1. The molecule has 102 valence electrons. The molecule has 7 nitrogen and oxygen atoms in total. The van der Waals surface area contributed by atoms with Crippen LogP contribution in [0.1, 0.15) is 6.23 Å². The number of nitrogens with zero attached hydrogens (tertiary/aromatic N) is 1. The minimum Gasteiger partial charge on any atom is -0.394 e. The van der Waals surface area contributed by atoms with E-state index in [1.54, 1.807) is 0 Å². The largest absolute Gasteiger partial charge is 0.394 e. The second-order valence-electron chi connectivity index (χ2n) is 4.14. The number of aromatic amines is 1. The van der Waals surface area contributed by atoms with E-state index in [4.69, 9.17) is 28.5 Å². The predicted octanol–water partition coefficient (Wildman–Crippen LogP) is -1.48. The van der Waals surface area contributed by atoms with Gasteiger partial charge in [-0.25, -0.2) is 4.79 Å². The Hall–Kier alpha value is -1.50. The molecule has 2 heterocycles. The zero-order valence-electron chi connectivity index (χ0n) is 9.68. The Kier molecular flexibility index (Phi) is 3.58. The monoisotopic (exact) mass is 284 g/mol. The second-order valence-corrected chi connectivity index (χ2v) is 4.58. The van der Waals surface area contributed by atoms with Crippen molar-refractivity contribution in [3.8, 4) is 12.3 Å². The van der Waals surface area contributed by atoms with Crippen LogP contribution < -0.4 is 5.69 Å². The molecule has 0 radical (unpaired) electrons. The third-order valence-corrected chi connectivity index (χ3v) is 3.24. The summed E-state index contributed by atoms with van der Waals surface area (Å²) in [6.45, 7) is -0.542. The first kappa shape index (κ1) is 13.9. The molecule has 0 spiro atoms. The van der Waals surface area contributed by atoms with Gasteiger partial charge in [0, 0.05) is 6.20 Å². The number of aromatic nitrogens is 2. The molecule has 1 aromatic rings. The van der Waals surface area contributed by atoms with Crippen LogP contribution in [0.5, 0.6) is 0 Å². The second kappa shape index (κ2) is 4.88. The fraction of sp³-hybridized carbons (Fsp3) is 0.455. The zero-order chi connectivity index (χ0) is 14.2. The van der Waals surface area contributed by atoms with Gasteiger partial charge in [-0.3, -0.25) is 9.55 Å². The molecule has 2 rings (SSSR count). The van der Waals surface area contributed by atoms with E-state index in [1.807, 2.05) is 5.92 Å². The van der Waals surface area contributed by atoms with Gasteiger partial charge in [0.25, 0.3) is 0 Å². The van der Waals surface area contributed by atoms with Gasteiger partial charge in [-0.1, -0.05) is 18.1 Å². The summed E-state index contributed by atoms with van der Waals surface area (Å²) in [5, 5.41) is 29.2. The van der Waals surface area contributed by atoms with E-state index in [-0.39, 0.29) is 4.64 Å². The van der Waals surface area contributed by atoms with E-state index in [9.17, 15) is 15.0 Å². The van der Waals surface area contributed by atoms with Gasteiger partial charge in [0.15, 0.2) is 11.8 Å². The number of hydrogen-bond acceptors (Lipinski definition) is 6. The molecule has 1 aromatic heterocycles. The summed E-state index contributed by atoms with van der Waals surface area (Å²) in [7, 11) is 0. The Bertz CT molecular complexity index is 633. The molecule has 8 heteroatoms. The van der Waals surface area contributed by atoms with Crippen LogP contribution >= 0.6 is 12.2 Å². The predicted molar refractivity (Wildman–Crippen MR) is 66.7 cm³/mol. The summed E-state index contributed by atoms with van der Waals surface area (Å²) in [5.74, 6) is 2.01. The molecule has 1 aliphatic rings. The third-order valence-electron chi connectivity index (χ3n) is 3.00. The van der Waals surface area contributed by atoms with Crippen molar-refractivity contribution in [3.05, 3.63) is 27.4 Å². The Labute approximate surface area is 113 Å². The minimum atomic E-state index is -2.12. The molecular formula is C11H12N2O5S. The smallest absolute Gasteiger partial charge is 0.328 e. The van der Waals surface area contributed by atoms with Crippen LogP contribution in [0.25, 0.3) is 0 Å². The lowest BCUT2D eigenvalue weighted by atomic mass is 9.95. The van der Waals surface area contributed by atoms with E-state index in [2.05, 4.69) is 4.98 Å². The number of aliphatic hydroxyl groups excluding tert-OH is 2. The molecule has 19 heavy (non-hydrogen) atoms. The SMILES string of the molecule is C#CC1(O)[C@@H](O)[C@@H](CO)O[C@H]1n1ccc(=S)[nH]c1=O. The summed E-state index contributed by atoms with van der Waals surface area (Å²) >= 11 is 4.79. The normalized spacial score (nSPS) is 34.1. The van der Waals surface area contributed by atoms with Crippen LogP contribution in [0.15, 0.2) is 17.1 Å². The third kappa shape index (κ3) is 2.11. The summed E-state index contributed by atoms with van der Waals surface area (Å²) in [5.41, 5.74) is -2.76. The van der Waals surface area contributed by atoms with Crippen molar-refractivity contribution in [2.24, 2.45) is 0 Å².